The van der Waals surface area contributed by atoms with Crippen LogP contribution in [0.1, 0.15) is 40.8 Å². The summed E-state index contributed by atoms with van der Waals surface area (Å²) in [6.45, 7) is 1.39. The van der Waals surface area contributed by atoms with Gasteiger partial charge >= 0.3 is 24.4 Å². The molecule has 1 heterocycles. The molecular weight excluding hydrogens is 555 g/mol. The molecular formula is C28H24BF6NO5. The Hall–Kier alpha value is -4.16. The van der Waals surface area contributed by atoms with Crippen molar-refractivity contribution >= 4 is 25.4 Å². The lowest BCUT2D eigenvalue weighted by Crippen LogP contribution is -2.32. The van der Waals surface area contributed by atoms with Crippen LogP contribution in [0.15, 0.2) is 60.7 Å². The van der Waals surface area contributed by atoms with Gasteiger partial charge in [0.2, 0.25) is 0 Å². The van der Waals surface area contributed by atoms with Gasteiger partial charge in [0.25, 0.3) is 0 Å². The van der Waals surface area contributed by atoms with Gasteiger partial charge in [0.1, 0.15) is 25.4 Å². The van der Waals surface area contributed by atoms with E-state index in [-0.39, 0.29) is 19.0 Å². The molecule has 2 atom stereocenters. The lowest BCUT2D eigenvalue weighted by Gasteiger charge is -2.23. The van der Waals surface area contributed by atoms with Gasteiger partial charge in [0, 0.05) is 5.56 Å². The summed E-state index contributed by atoms with van der Waals surface area (Å²) in [4.78, 5) is 25.7. The van der Waals surface area contributed by atoms with Crippen LogP contribution in [0.25, 0.3) is 0 Å². The van der Waals surface area contributed by atoms with Crippen LogP contribution in [0.4, 0.5) is 31.1 Å². The van der Waals surface area contributed by atoms with Crippen molar-refractivity contribution in [2.75, 3.05) is 7.11 Å². The molecule has 3 aromatic carbocycles. The van der Waals surface area contributed by atoms with E-state index in [1.54, 1.807) is 50.3 Å². The van der Waals surface area contributed by atoms with Gasteiger partial charge in [-0.05, 0) is 54.4 Å². The number of halogens is 6. The van der Waals surface area contributed by atoms with Gasteiger partial charge in [0.15, 0.2) is 0 Å². The molecule has 1 saturated heterocycles. The summed E-state index contributed by atoms with van der Waals surface area (Å²) >= 11 is 0. The predicted molar refractivity (Wildman–Crippen MR) is 138 cm³/mol. The van der Waals surface area contributed by atoms with E-state index in [1.165, 1.54) is 18.9 Å². The third kappa shape index (κ3) is 6.95. The molecule has 0 spiro atoms. The summed E-state index contributed by atoms with van der Waals surface area (Å²) < 4.78 is 96.5. The lowest BCUT2D eigenvalue weighted by molar-refractivity contribution is -0.143. The van der Waals surface area contributed by atoms with Crippen molar-refractivity contribution in [2.24, 2.45) is 0 Å². The van der Waals surface area contributed by atoms with Gasteiger partial charge in [-0.15, -0.1) is 0 Å². The van der Waals surface area contributed by atoms with Gasteiger partial charge in [-0.25, -0.2) is 4.79 Å². The van der Waals surface area contributed by atoms with Crippen molar-refractivity contribution in [3.05, 3.63) is 88.5 Å². The molecule has 3 aromatic rings. The third-order valence-corrected chi connectivity index (χ3v) is 6.59. The molecule has 1 fully saturated rings. The molecule has 0 N–H and O–H groups in total. The Morgan fingerprint density at radius 3 is 2.24 bits per heavy atom. The Labute approximate surface area is 232 Å². The molecule has 0 saturated carbocycles. The number of esters is 1. The first-order valence-corrected chi connectivity index (χ1v) is 12.4. The van der Waals surface area contributed by atoms with Crippen molar-refractivity contribution in [2.45, 2.75) is 44.4 Å². The van der Waals surface area contributed by atoms with Crippen molar-refractivity contribution in [1.82, 2.24) is 4.90 Å². The average molecular weight is 579 g/mol. The second-order valence-electron chi connectivity index (χ2n) is 9.63. The molecule has 41 heavy (non-hydrogen) atoms. The third-order valence-electron chi connectivity index (χ3n) is 6.59. The first-order valence-electron chi connectivity index (χ1n) is 12.4. The number of alkyl halides is 6. The molecule has 4 rings (SSSR count). The number of carbonyl (C=O) groups excluding carboxylic acids is 2. The summed E-state index contributed by atoms with van der Waals surface area (Å²) in [5, 5.41) is 0. The molecule has 6 nitrogen and oxygen atoms in total. The Morgan fingerprint density at radius 1 is 0.976 bits per heavy atom. The Morgan fingerprint density at radius 2 is 1.63 bits per heavy atom. The van der Waals surface area contributed by atoms with E-state index in [2.05, 4.69) is 4.74 Å². The average Bonchev–Trinajstić information content (AvgIpc) is 3.17. The number of nitrogens with zero attached hydrogens (tertiary/aromatic N) is 1. The van der Waals surface area contributed by atoms with Crippen LogP contribution >= 0.6 is 0 Å². The molecule has 1 aliphatic heterocycles. The second-order valence-corrected chi connectivity index (χ2v) is 9.63. The molecule has 0 unspecified atom stereocenters. The fourth-order valence-electron chi connectivity index (χ4n) is 4.50. The first-order chi connectivity index (χ1) is 19.2. The quantitative estimate of drug-likeness (QED) is 0.208. The van der Waals surface area contributed by atoms with E-state index in [4.69, 9.17) is 9.47 Å². The van der Waals surface area contributed by atoms with Crippen LogP contribution in [0.2, 0.25) is 0 Å². The smallest absolute Gasteiger partial charge is 0.416 e. The van der Waals surface area contributed by atoms with Crippen LogP contribution in [-0.2, 0) is 39.6 Å². The number of cyclic esters (lactones) is 1. The summed E-state index contributed by atoms with van der Waals surface area (Å²) in [6, 6.07) is 12.2. The molecule has 0 aromatic heterocycles. The molecule has 13 heteroatoms. The van der Waals surface area contributed by atoms with Gasteiger partial charge in [0.05, 0.1) is 37.2 Å². The number of carbonyl (C=O) groups is 2. The minimum Gasteiger partial charge on any atom is -0.469 e. The Kier molecular flexibility index (Phi) is 8.28. The normalized spacial score (nSPS) is 17.4. The maximum Gasteiger partial charge on any atom is 0.416 e. The SMILES string of the molecule is Bc1ccc(Oc2cccc(CC(=O)OC)c2)c(CN2C(=O)O[C@@H](c3cc(C(F)(F)F)cc(C(F)(F)F)c3)[C@H]2C)c1. The zero-order valence-electron chi connectivity index (χ0n) is 22.1. The highest BCUT2D eigenvalue weighted by molar-refractivity contribution is 6.32. The standard InChI is InChI=1S/C28H24BF6NO5/c1-15-25(17-10-19(27(30,31)32)13-20(11-17)28(33,34)35)41-26(38)36(15)14-18-12-21(29)6-7-23(18)40-22-5-3-4-16(8-22)9-24(37)39-2/h3-8,10-13,15,25H,9,14,29H2,1-2H3/t15-,25-/m1/s1. The van der Waals surface area contributed by atoms with E-state index in [0.29, 0.717) is 34.8 Å². The van der Waals surface area contributed by atoms with Crippen molar-refractivity contribution in [3.8, 4) is 11.5 Å². The van der Waals surface area contributed by atoms with Crippen molar-refractivity contribution in [3.63, 3.8) is 0 Å². The summed E-state index contributed by atoms with van der Waals surface area (Å²) in [6.07, 6.45) is -12.3. The topological polar surface area (TPSA) is 65.1 Å². The summed E-state index contributed by atoms with van der Waals surface area (Å²) in [7, 11) is 3.08. The van der Waals surface area contributed by atoms with Crippen LogP contribution in [0.5, 0.6) is 11.5 Å². The number of rotatable bonds is 7. The van der Waals surface area contributed by atoms with Crippen molar-refractivity contribution in [1.29, 1.82) is 0 Å². The Bertz CT molecular complexity index is 1430. The maximum atomic E-state index is 13.4. The molecule has 216 valence electrons. The maximum absolute atomic E-state index is 13.4. The number of ether oxygens (including phenoxy) is 3. The molecule has 0 aliphatic carbocycles. The minimum absolute atomic E-state index is 0.0264. The van der Waals surface area contributed by atoms with Crippen molar-refractivity contribution < 1.29 is 50.1 Å². The van der Waals surface area contributed by atoms with Gasteiger partial charge in [-0.3, -0.25) is 9.69 Å². The van der Waals surface area contributed by atoms with E-state index in [0.717, 1.165) is 5.46 Å². The number of methoxy groups -OCH3 is 1. The van der Waals surface area contributed by atoms with E-state index in [9.17, 15) is 35.9 Å². The molecule has 1 aliphatic rings. The summed E-state index contributed by atoms with van der Waals surface area (Å²) in [5.74, 6) is 0.320. The van der Waals surface area contributed by atoms with Gasteiger partial charge < -0.3 is 14.2 Å². The van der Waals surface area contributed by atoms with Crippen LogP contribution in [0.3, 0.4) is 0 Å². The zero-order valence-corrected chi connectivity index (χ0v) is 22.1. The van der Waals surface area contributed by atoms with E-state index < -0.39 is 53.3 Å². The van der Waals surface area contributed by atoms with E-state index >= 15 is 0 Å². The lowest BCUT2D eigenvalue weighted by atomic mass is 9.93. The number of amides is 1. The number of hydrogen-bond donors (Lipinski definition) is 0. The van der Waals surface area contributed by atoms with Crippen LogP contribution in [-0.4, -0.2) is 38.0 Å². The highest BCUT2D eigenvalue weighted by atomic mass is 19.4. The minimum atomic E-state index is -5.04. The highest BCUT2D eigenvalue weighted by Gasteiger charge is 2.43. The number of hydrogen-bond acceptors (Lipinski definition) is 5. The largest absolute Gasteiger partial charge is 0.469 e. The fourth-order valence-corrected chi connectivity index (χ4v) is 4.50. The highest BCUT2D eigenvalue weighted by Crippen LogP contribution is 2.41. The molecule has 1 amide bonds. The Balaban J connectivity index is 1.61. The van der Waals surface area contributed by atoms with Gasteiger partial charge in [-0.2, -0.15) is 26.3 Å². The zero-order chi connectivity index (χ0) is 30.1. The van der Waals surface area contributed by atoms with Crippen LogP contribution < -0.4 is 10.2 Å². The molecule has 0 bridgehead atoms. The molecule has 0 radical (unpaired) electrons. The summed E-state index contributed by atoms with van der Waals surface area (Å²) in [5.41, 5.74) is -1.43. The van der Waals surface area contributed by atoms with Crippen LogP contribution in [0, 0.1) is 0 Å². The fraction of sp³-hybridized carbons (Fsp3) is 0.286. The first kappa shape index (κ1) is 29.8. The second kappa shape index (κ2) is 11.4. The number of benzene rings is 3. The predicted octanol–water partition coefficient (Wildman–Crippen LogP) is 5.57. The van der Waals surface area contributed by atoms with Gasteiger partial charge in [-0.1, -0.05) is 29.7 Å². The monoisotopic (exact) mass is 579 g/mol. The van der Waals surface area contributed by atoms with E-state index in [1.807, 2.05) is 0 Å².